The minimum absolute atomic E-state index is 0.0947. The molecule has 0 radical (unpaired) electrons. The molecule has 5 nitrogen and oxygen atoms in total. The maximum atomic E-state index is 13.0. The summed E-state index contributed by atoms with van der Waals surface area (Å²) in [6.07, 6.45) is 8.72. The van der Waals surface area contributed by atoms with Gasteiger partial charge in [-0.25, -0.2) is 0 Å². The number of amides is 1. The molecule has 0 unspecified atom stereocenters. The summed E-state index contributed by atoms with van der Waals surface area (Å²) in [5, 5.41) is 13.5. The van der Waals surface area contributed by atoms with Crippen LogP contribution < -0.4 is 4.90 Å². The van der Waals surface area contributed by atoms with E-state index in [4.69, 9.17) is 5.11 Å². The number of nitrogens with zero attached hydrogens (tertiary/aromatic N) is 3. The number of hydrogen-bond acceptors (Lipinski definition) is 3. The average molecular weight is 370 g/mol. The quantitative estimate of drug-likeness (QED) is 0.827. The number of hydrogen-bond donors (Lipinski definition) is 1. The van der Waals surface area contributed by atoms with Gasteiger partial charge in [0, 0.05) is 43.1 Å². The Balaban J connectivity index is 1.69. The molecule has 1 aromatic carbocycles. The summed E-state index contributed by atoms with van der Waals surface area (Å²) in [7, 11) is 1.87. The molecule has 1 aliphatic rings. The highest BCUT2D eigenvalue weighted by Gasteiger charge is 2.28. The summed E-state index contributed by atoms with van der Waals surface area (Å²) in [4.78, 5) is 14.8. The third-order valence-corrected chi connectivity index (χ3v) is 5.76. The van der Waals surface area contributed by atoms with Gasteiger partial charge in [-0.15, -0.1) is 0 Å². The maximum Gasteiger partial charge on any atom is 0.229 e. The second kappa shape index (κ2) is 8.70. The first kappa shape index (κ1) is 19.6. The zero-order chi connectivity index (χ0) is 19.4. The fourth-order valence-electron chi connectivity index (χ4n) is 3.95. The van der Waals surface area contributed by atoms with E-state index in [0.29, 0.717) is 12.0 Å². The lowest BCUT2D eigenvalue weighted by Crippen LogP contribution is -2.35. The minimum Gasteiger partial charge on any atom is -0.396 e. The van der Waals surface area contributed by atoms with Gasteiger partial charge in [0.05, 0.1) is 6.20 Å². The van der Waals surface area contributed by atoms with Crippen molar-refractivity contribution in [2.24, 2.45) is 11.8 Å². The molecule has 27 heavy (non-hydrogen) atoms. The predicted molar refractivity (Wildman–Crippen MR) is 109 cm³/mol. The van der Waals surface area contributed by atoms with E-state index >= 15 is 0 Å². The average Bonchev–Trinajstić information content (AvgIpc) is 3.18. The normalized spacial score (nSPS) is 20.0. The van der Waals surface area contributed by atoms with E-state index in [1.54, 1.807) is 4.90 Å². The van der Waals surface area contributed by atoms with Gasteiger partial charge in [-0.1, -0.05) is 12.1 Å². The number of carbonyl (C=O) groups is 1. The first-order valence-corrected chi connectivity index (χ1v) is 10.0. The molecule has 0 saturated heterocycles. The van der Waals surface area contributed by atoms with Crippen LogP contribution in [0.25, 0.3) is 11.1 Å². The van der Waals surface area contributed by atoms with E-state index < -0.39 is 0 Å². The Labute approximate surface area is 162 Å². The molecule has 1 aromatic heterocycles. The number of aliphatic hydroxyl groups is 1. The maximum absolute atomic E-state index is 13.0. The molecule has 3 rings (SSSR count). The van der Waals surface area contributed by atoms with Crippen LogP contribution in [-0.2, 0) is 4.79 Å². The van der Waals surface area contributed by atoms with Gasteiger partial charge in [-0.05, 0) is 69.6 Å². The Morgan fingerprint density at radius 1 is 1.26 bits per heavy atom. The second-order valence-electron chi connectivity index (χ2n) is 7.98. The highest BCUT2D eigenvalue weighted by molar-refractivity contribution is 5.95. The molecule has 1 saturated carbocycles. The molecule has 0 aliphatic heterocycles. The van der Waals surface area contributed by atoms with Gasteiger partial charge in [0.15, 0.2) is 0 Å². The molecule has 1 amide bonds. The first-order valence-electron chi connectivity index (χ1n) is 10.0. The van der Waals surface area contributed by atoms with Crippen LogP contribution in [-0.4, -0.2) is 34.4 Å². The fraction of sp³-hybridized carbons (Fsp3) is 0.545. The molecule has 1 N–H and O–H groups in total. The predicted octanol–water partition coefficient (Wildman–Crippen LogP) is 4.28. The van der Waals surface area contributed by atoms with Crippen LogP contribution in [0, 0.1) is 11.8 Å². The standard InChI is InChI=1S/C22H31N3O2/c1-16(2)25-15-20(14-23-25)19-5-4-6-21(13-19)24(3)22(27)18-9-7-17(8-10-18)11-12-26/h4-6,13-18,26H,7-12H2,1-3H3. The molecule has 5 heteroatoms. The zero-order valence-corrected chi connectivity index (χ0v) is 16.6. The summed E-state index contributed by atoms with van der Waals surface area (Å²) < 4.78 is 1.95. The first-order chi connectivity index (χ1) is 13.0. The van der Waals surface area contributed by atoms with Crippen molar-refractivity contribution in [3.05, 3.63) is 36.7 Å². The Morgan fingerprint density at radius 2 is 2.00 bits per heavy atom. The number of anilines is 1. The van der Waals surface area contributed by atoms with E-state index in [1.165, 1.54) is 0 Å². The summed E-state index contributed by atoms with van der Waals surface area (Å²) in [6.45, 7) is 4.47. The van der Waals surface area contributed by atoms with Gasteiger partial charge in [0.25, 0.3) is 0 Å². The van der Waals surface area contributed by atoms with E-state index in [2.05, 4.69) is 31.1 Å². The van der Waals surface area contributed by atoms with Gasteiger partial charge >= 0.3 is 0 Å². The zero-order valence-electron chi connectivity index (χ0n) is 16.6. The molecule has 1 aliphatic carbocycles. The summed E-state index contributed by atoms with van der Waals surface area (Å²) in [6, 6.07) is 8.44. The molecule has 2 aromatic rings. The van der Waals surface area contributed by atoms with Gasteiger partial charge in [-0.3, -0.25) is 9.48 Å². The van der Waals surface area contributed by atoms with Gasteiger partial charge < -0.3 is 10.0 Å². The van der Waals surface area contributed by atoms with Crippen molar-refractivity contribution in [3.8, 4) is 11.1 Å². The van der Waals surface area contributed by atoms with Crippen molar-refractivity contribution < 1.29 is 9.90 Å². The Hall–Kier alpha value is -2.14. The van der Waals surface area contributed by atoms with Crippen molar-refractivity contribution in [2.75, 3.05) is 18.6 Å². The minimum atomic E-state index is 0.0947. The van der Waals surface area contributed by atoms with Crippen LogP contribution in [0.4, 0.5) is 5.69 Å². The largest absolute Gasteiger partial charge is 0.396 e. The van der Waals surface area contributed by atoms with E-state index in [-0.39, 0.29) is 18.4 Å². The smallest absolute Gasteiger partial charge is 0.229 e. The fourth-order valence-corrected chi connectivity index (χ4v) is 3.95. The van der Waals surface area contributed by atoms with Crippen LogP contribution >= 0.6 is 0 Å². The number of rotatable bonds is 6. The van der Waals surface area contributed by atoms with E-state index in [0.717, 1.165) is 48.9 Å². The molecule has 1 fully saturated rings. The topological polar surface area (TPSA) is 58.4 Å². The van der Waals surface area contributed by atoms with Gasteiger partial charge in [-0.2, -0.15) is 5.10 Å². The van der Waals surface area contributed by atoms with Crippen LogP contribution in [0.5, 0.6) is 0 Å². The van der Waals surface area contributed by atoms with Crippen LogP contribution in [0.1, 0.15) is 52.0 Å². The Morgan fingerprint density at radius 3 is 2.63 bits per heavy atom. The van der Waals surface area contributed by atoms with Gasteiger partial charge in [0.2, 0.25) is 5.91 Å². The van der Waals surface area contributed by atoms with E-state index in [1.807, 2.05) is 36.3 Å². The molecule has 0 bridgehead atoms. The van der Waals surface area contributed by atoms with Crippen molar-refractivity contribution in [2.45, 2.75) is 52.0 Å². The van der Waals surface area contributed by atoms with Gasteiger partial charge in [0.1, 0.15) is 0 Å². The molecular weight excluding hydrogens is 338 g/mol. The van der Waals surface area contributed by atoms with Crippen molar-refractivity contribution in [1.82, 2.24) is 9.78 Å². The molecular formula is C22H31N3O2. The van der Waals surface area contributed by atoms with E-state index in [9.17, 15) is 4.79 Å². The number of benzene rings is 1. The molecule has 0 atom stereocenters. The Kier molecular flexibility index (Phi) is 6.32. The van der Waals surface area contributed by atoms with Crippen LogP contribution in [0.2, 0.25) is 0 Å². The third-order valence-electron chi connectivity index (χ3n) is 5.76. The third kappa shape index (κ3) is 4.59. The van der Waals surface area contributed by atoms with Crippen molar-refractivity contribution >= 4 is 11.6 Å². The highest BCUT2D eigenvalue weighted by atomic mass is 16.3. The molecule has 146 valence electrons. The number of carbonyl (C=O) groups excluding carboxylic acids is 1. The number of aromatic nitrogens is 2. The second-order valence-corrected chi connectivity index (χ2v) is 7.98. The van der Waals surface area contributed by atoms with Crippen molar-refractivity contribution in [3.63, 3.8) is 0 Å². The highest BCUT2D eigenvalue weighted by Crippen LogP contribution is 2.33. The van der Waals surface area contributed by atoms with Crippen molar-refractivity contribution in [1.29, 1.82) is 0 Å². The summed E-state index contributed by atoms with van der Waals surface area (Å²) in [5.74, 6) is 0.870. The number of aliphatic hydroxyl groups excluding tert-OH is 1. The molecule has 0 spiro atoms. The lowest BCUT2D eigenvalue weighted by molar-refractivity contribution is -0.123. The Bertz CT molecular complexity index is 760. The monoisotopic (exact) mass is 369 g/mol. The lowest BCUT2D eigenvalue weighted by Gasteiger charge is -2.30. The summed E-state index contributed by atoms with van der Waals surface area (Å²) >= 11 is 0. The van der Waals surface area contributed by atoms with Crippen LogP contribution in [0.3, 0.4) is 0 Å². The summed E-state index contributed by atoms with van der Waals surface area (Å²) in [5.41, 5.74) is 3.06. The van der Waals surface area contributed by atoms with Crippen LogP contribution in [0.15, 0.2) is 36.7 Å². The molecule has 1 heterocycles. The SMILES string of the molecule is CC(C)n1cc(-c2cccc(N(C)C(=O)C3CCC(CCO)CC3)c2)cn1. The lowest BCUT2D eigenvalue weighted by atomic mass is 9.80.